The number of aryl methyl sites for hydroxylation is 1. The number of hydrogen-bond donors (Lipinski definition) is 1. The highest BCUT2D eigenvalue weighted by Crippen LogP contribution is 2.22. The molecule has 2 rings (SSSR count). The highest BCUT2D eigenvalue weighted by Gasteiger charge is 2.25. The molecule has 0 aliphatic rings. The van der Waals surface area contributed by atoms with Gasteiger partial charge in [0.1, 0.15) is 16.4 Å². The zero-order chi connectivity index (χ0) is 18.8. The minimum Gasteiger partial charge on any atom is -0.345 e. The Balaban J connectivity index is 2.30. The first-order valence-corrected chi connectivity index (χ1v) is 9.45. The lowest BCUT2D eigenvalue weighted by Gasteiger charge is -2.17. The summed E-state index contributed by atoms with van der Waals surface area (Å²) in [6, 6.07) is 5.11. The van der Waals surface area contributed by atoms with E-state index in [2.05, 4.69) is 5.32 Å². The average molecular weight is 388 g/mol. The van der Waals surface area contributed by atoms with Gasteiger partial charge >= 0.3 is 0 Å². The van der Waals surface area contributed by atoms with Crippen LogP contribution >= 0.6 is 11.6 Å². The summed E-state index contributed by atoms with van der Waals surface area (Å²) in [4.78, 5) is 12.4. The third kappa shape index (κ3) is 4.02. The Hall–Kier alpha value is -1.90. The number of halogens is 2. The fourth-order valence-corrected chi connectivity index (χ4v) is 4.09. The van der Waals surface area contributed by atoms with Gasteiger partial charge in [-0.05, 0) is 24.3 Å². The number of nitrogens with zero attached hydrogens (tertiary/aromatic N) is 2. The maximum Gasteiger partial charge on any atom is 0.272 e. The molecule has 136 valence electrons. The van der Waals surface area contributed by atoms with Crippen molar-refractivity contribution < 1.29 is 17.6 Å². The van der Waals surface area contributed by atoms with Gasteiger partial charge in [-0.2, -0.15) is 4.31 Å². The zero-order valence-corrected chi connectivity index (χ0v) is 15.7. The Kier molecular flexibility index (Phi) is 5.87. The molecule has 0 aliphatic heterocycles. The smallest absolute Gasteiger partial charge is 0.272 e. The molecule has 9 heteroatoms. The molecule has 0 unspecified atom stereocenters. The van der Waals surface area contributed by atoms with Crippen molar-refractivity contribution >= 4 is 33.2 Å². The number of anilines is 1. The maximum absolute atomic E-state index is 13.2. The summed E-state index contributed by atoms with van der Waals surface area (Å²) >= 11 is 5.69. The number of benzene rings is 1. The Morgan fingerprint density at radius 3 is 2.48 bits per heavy atom. The van der Waals surface area contributed by atoms with Crippen LogP contribution in [-0.2, 0) is 17.1 Å². The van der Waals surface area contributed by atoms with E-state index in [4.69, 9.17) is 11.6 Å². The number of aromatic nitrogens is 1. The van der Waals surface area contributed by atoms with E-state index in [-0.39, 0.29) is 15.6 Å². The van der Waals surface area contributed by atoms with Crippen molar-refractivity contribution in [1.82, 2.24) is 8.87 Å². The van der Waals surface area contributed by atoms with Gasteiger partial charge in [0.2, 0.25) is 10.0 Å². The van der Waals surface area contributed by atoms with Gasteiger partial charge in [-0.1, -0.05) is 25.4 Å². The quantitative estimate of drug-likeness (QED) is 0.827. The van der Waals surface area contributed by atoms with E-state index < -0.39 is 21.7 Å². The number of nitrogens with one attached hydrogen (secondary N) is 1. The summed E-state index contributed by atoms with van der Waals surface area (Å²) in [6.45, 7) is 4.17. The molecule has 6 nitrogen and oxygen atoms in total. The van der Waals surface area contributed by atoms with Crippen molar-refractivity contribution in [1.29, 1.82) is 0 Å². The van der Waals surface area contributed by atoms with Gasteiger partial charge in [-0.3, -0.25) is 4.79 Å². The molecule has 0 atom stereocenters. The van der Waals surface area contributed by atoms with Crippen molar-refractivity contribution in [3.05, 3.63) is 47.0 Å². The van der Waals surface area contributed by atoms with Crippen LogP contribution < -0.4 is 5.32 Å². The first kappa shape index (κ1) is 19.4. The number of amides is 1. The topological polar surface area (TPSA) is 71.4 Å². The Morgan fingerprint density at radius 1 is 1.28 bits per heavy atom. The highest BCUT2D eigenvalue weighted by molar-refractivity contribution is 7.89. The summed E-state index contributed by atoms with van der Waals surface area (Å²) < 4.78 is 41.0. The summed E-state index contributed by atoms with van der Waals surface area (Å²) in [5, 5.41) is 2.45. The van der Waals surface area contributed by atoms with Crippen LogP contribution in [0.2, 0.25) is 5.02 Å². The third-order valence-corrected chi connectivity index (χ3v) is 6.04. The molecular formula is C16H19ClFN3O3S. The van der Waals surface area contributed by atoms with Crippen LogP contribution in [0.15, 0.2) is 35.4 Å². The van der Waals surface area contributed by atoms with E-state index in [9.17, 15) is 17.6 Å². The second-order valence-electron chi connectivity index (χ2n) is 5.34. The Labute approximate surface area is 151 Å². The molecule has 0 saturated heterocycles. The normalized spacial score (nSPS) is 11.8. The van der Waals surface area contributed by atoms with E-state index in [0.29, 0.717) is 18.8 Å². The first-order chi connectivity index (χ1) is 11.7. The molecule has 1 N–H and O–H groups in total. The Morgan fingerprint density at radius 2 is 1.92 bits per heavy atom. The van der Waals surface area contributed by atoms with Crippen LogP contribution in [0.25, 0.3) is 0 Å². The number of sulfonamides is 1. The highest BCUT2D eigenvalue weighted by atomic mass is 35.5. The van der Waals surface area contributed by atoms with Crippen LogP contribution in [0.5, 0.6) is 0 Å². The lowest BCUT2D eigenvalue weighted by atomic mass is 10.3. The standard InChI is InChI=1S/C16H19ClFN3O3S/c1-4-21(5-2)25(23,24)12-9-15(20(3)10-12)16(22)19-11-6-7-14(18)13(17)8-11/h6-10H,4-5H2,1-3H3,(H,19,22). The maximum atomic E-state index is 13.2. The first-order valence-electron chi connectivity index (χ1n) is 7.63. The SMILES string of the molecule is CCN(CC)S(=O)(=O)c1cc(C(=O)Nc2ccc(F)c(Cl)c2)n(C)c1. The molecule has 25 heavy (non-hydrogen) atoms. The second kappa shape index (κ2) is 7.55. The summed E-state index contributed by atoms with van der Waals surface area (Å²) in [6.07, 6.45) is 1.39. The number of rotatable bonds is 6. The van der Waals surface area contributed by atoms with E-state index in [1.165, 1.54) is 33.3 Å². The van der Waals surface area contributed by atoms with Crippen LogP contribution in [0.1, 0.15) is 24.3 Å². The molecule has 1 amide bonds. The second-order valence-corrected chi connectivity index (χ2v) is 7.69. The number of carbonyl (C=O) groups excluding carboxylic acids is 1. The lowest BCUT2D eigenvalue weighted by molar-refractivity contribution is 0.101. The van der Waals surface area contributed by atoms with E-state index >= 15 is 0 Å². The molecule has 0 fully saturated rings. The van der Waals surface area contributed by atoms with Crippen LogP contribution in [0.3, 0.4) is 0 Å². The summed E-state index contributed by atoms with van der Waals surface area (Å²) in [5.41, 5.74) is 0.469. The van der Waals surface area contributed by atoms with Crippen molar-refractivity contribution in [2.24, 2.45) is 7.05 Å². The largest absolute Gasteiger partial charge is 0.345 e. The van der Waals surface area contributed by atoms with Gasteiger partial charge in [-0.25, -0.2) is 12.8 Å². The van der Waals surface area contributed by atoms with Crippen molar-refractivity contribution in [3.63, 3.8) is 0 Å². The minimum atomic E-state index is -3.66. The van der Waals surface area contributed by atoms with Gasteiger partial charge in [0.15, 0.2) is 0 Å². The molecule has 0 saturated carbocycles. The summed E-state index contributed by atoms with van der Waals surface area (Å²) in [7, 11) is -2.08. The van der Waals surface area contributed by atoms with Gasteiger partial charge in [0.25, 0.3) is 5.91 Å². The molecule has 0 radical (unpaired) electrons. The fraction of sp³-hybridized carbons (Fsp3) is 0.312. The van der Waals surface area contributed by atoms with Crippen molar-refractivity contribution in [3.8, 4) is 0 Å². The van der Waals surface area contributed by atoms with Crippen molar-refractivity contribution in [2.45, 2.75) is 18.7 Å². The lowest BCUT2D eigenvalue weighted by Crippen LogP contribution is -2.30. The molecule has 1 aromatic heterocycles. The monoisotopic (exact) mass is 387 g/mol. The molecule has 0 bridgehead atoms. The third-order valence-electron chi connectivity index (χ3n) is 3.73. The number of hydrogen-bond acceptors (Lipinski definition) is 3. The molecule has 1 aromatic carbocycles. The van der Waals surface area contributed by atoms with Gasteiger partial charge < -0.3 is 9.88 Å². The minimum absolute atomic E-state index is 0.0426. The van der Waals surface area contributed by atoms with Gasteiger partial charge in [0.05, 0.1) is 5.02 Å². The van der Waals surface area contributed by atoms with E-state index in [1.807, 2.05) is 0 Å². The Bertz CT molecular complexity index is 892. The predicted octanol–water partition coefficient (Wildman–Crippen LogP) is 3.10. The van der Waals surface area contributed by atoms with E-state index in [0.717, 1.165) is 6.07 Å². The van der Waals surface area contributed by atoms with Gasteiger partial charge in [0, 0.05) is 32.0 Å². The van der Waals surface area contributed by atoms with Crippen LogP contribution in [0, 0.1) is 5.82 Å². The van der Waals surface area contributed by atoms with Crippen LogP contribution in [0.4, 0.5) is 10.1 Å². The van der Waals surface area contributed by atoms with E-state index in [1.54, 1.807) is 20.9 Å². The average Bonchev–Trinajstić information content (AvgIpc) is 2.94. The molecular weight excluding hydrogens is 369 g/mol. The fourth-order valence-electron chi connectivity index (χ4n) is 2.38. The van der Waals surface area contributed by atoms with Crippen LogP contribution in [-0.4, -0.2) is 36.3 Å². The molecule has 0 spiro atoms. The van der Waals surface area contributed by atoms with Crippen molar-refractivity contribution in [2.75, 3.05) is 18.4 Å². The zero-order valence-electron chi connectivity index (χ0n) is 14.1. The number of carbonyl (C=O) groups is 1. The molecule has 2 aromatic rings. The van der Waals surface area contributed by atoms with Gasteiger partial charge in [-0.15, -0.1) is 0 Å². The summed E-state index contributed by atoms with van der Waals surface area (Å²) in [5.74, 6) is -1.11. The molecule has 1 heterocycles. The molecule has 0 aliphatic carbocycles. The predicted molar refractivity (Wildman–Crippen MR) is 94.9 cm³/mol.